The van der Waals surface area contributed by atoms with Crippen molar-refractivity contribution in [3.05, 3.63) is 63.7 Å². The number of aromatic amines is 1. The number of hydrogen-bond donors (Lipinski definition) is 2. The summed E-state index contributed by atoms with van der Waals surface area (Å²) < 4.78 is 1.44. The molecular weight excluding hydrogens is 350 g/mol. The lowest BCUT2D eigenvalue weighted by Gasteiger charge is -2.09. The predicted octanol–water partition coefficient (Wildman–Crippen LogP) is 2.80. The van der Waals surface area contributed by atoms with Gasteiger partial charge in [0, 0.05) is 28.3 Å². The fraction of sp³-hybridized carbons (Fsp3) is 0.222. The van der Waals surface area contributed by atoms with Gasteiger partial charge >= 0.3 is 0 Å². The SMILES string of the molecule is CCc1cc(=O)[nH]c(-n2nc(C)cc2NC(=O)c2cccc(SC)c2)n1. The molecule has 1 aromatic carbocycles. The first-order chi connectivity index (χ1) is 12.5. The van der Waals surface area contributed by atoms with Crippen LogP contribution in [-0.4, -0.2) is 31.9 Å². The van der Waals surface area contributed by atoms with Crippen LogP contribution in [0.1, 0.15) is 28.7 Å². The normalized spacial score (nSPS) is 10.7. The average Bonchev–Trinajstić information content (AvgIpc) is 3.01. The van der Waals surface area contributed by atoms with Crippen molar-refractivity contribution in [2.75, 3.05) is 11.6 Å². The topological polar surface area (TPSA) is 92.7 Å². The first kappa shape index (κ1) is 17.9. The number of anilines is 1. The quantitative estimate of drug-likeness (QED) is 0.675. The van der Waals surface area contributed by atoms with Crippen LogP contribution in [0.2, 0.25) is 0 Å². The lowest BCUT2D eigenvalue weighted by Crippen LogP contribution is -2.19. The van der Waals surface area contributed by atoms with Gasteiger partial charge in [0.15, 0.2) is 0 Å². The van der Waals surface area contributed by atoms with Crippen LogP contribution in [0.5, 0.6) is 0 Å². The van der Waals surface area contributed by atoms with Crippen molar-refractivity contribution < 1.29 is 4.79 Å². The van der Waals surface area contributed by atoms with Gasteiger partial charge in [-0.05, 0) is 37.8 Å². The molecule has 0 aliphatic rings. The number of H-pyrrole nitrogens is 1. The fourth-order valence-corrected chi connectivity index (χ4v) is 2.94. The molecule has 8 heteroatoms. The van der Waals surface area contributed by atoms with E-state index in [1.54, 1.807) is 23.9 Å². The molecule has 1 amide bonds. The minimum absolute atomic E-state index is 0.254. The Morgan fingerprint density at radius 1 is 1.31 bits per heavy atom. The number of nitrogens with one attached hydrogen (secondary N) is 2. The predicted molar refractivity (Wildman–Crippen MR) is 102 cm³/mol. The van der Waals surface area contributed by atoms with E-state index >= 15 is 0 Å². The van der Waals surface area contributed by atoms with E-state index < -0.39 is 0 Å². The molecule has 0 saturated heterocycles. The van der Waals surface area contributed by atoms with Gasteiger partial charge in [0.25, 0.3) is 11.5 Å². The number of carbonyl (C=O) groups excluding carboxylic acids is 1. The highest BCUT2D eigenvalue weighted by Gasteiger charge is 2.14. The van der Waals surface area contributed by atoms with Crippen LogP contribution in [-0.2, 0) is 6.42 Å². The molecule has 0 saturated carbocycles. The molecular formula is C18H19N5O2S. The molecule has 7 nitrogen and oxygen atoms in total. The average molecular weight is 369 g/mol. The molecule has 26 heavy (non-hydrogen) atoms. The van der Waals surface area contributed by atoms with Crippen LogP contribution in [0.3, 0.4) is 0 Å². The zero-order chi connectivity index (χ0) is 18.7. The van der Waals surface area contributed by atoms with E-state index in [1.165, 1.54) is 10.7 Å². The van der Waals surface area contributed by atoms with Crippen molar-refractivity contribution in [2.24, 2.45) is 0 Å². The lowest BCUT2D eigenvalue weighted by molar-refractivity contribution is 0.102. The lowest BCUT2D eigenvalue weighted by atomic mass is 10.2. The van der Waals surface area contributed by atoms with Crippen molar-refractivity contribution in [3.63, 3.8) is 0 Å². The monoisotopic (exact) mass is 369 g/mol. The summed E-state index contributed by atoms with van der Waals surface area (Å²) in [5.41, 5.74) is 1.64. The Labute approximate surface area is 154 Å². The summed E-state index contributed by atoms with van der Waals surface area (Å²) in [6, 6.07) is 10.5. The second-order valence-electron chi connectivity index (χ2n) is 5.68. The van der Waals surface area contributed by atoms with Crippen molar-refractivity contribution in [3.8, 4) is 5.95 Å². The Balaban J connectivity index is 1.96. The molecule has 2 N–H and O–H groups in total. The number of aromatic nitrogens is 4. The van der Waals surface area contributed by atoms with E-state index in [2.05, 4.69) is 20.4 Å². The van der Waals surface area contributed by atoms with Crippen LogP contribution < -0.4 is 10.9 Å². The number of rotatable bonds is 5. The van der Waals surface area contributed by atoms with Crippen LogP contribution >= 0.6 is 11.8 Å². The Bertz CT molecular complexity index is 1010. The Hall–Kier alpha value is -2.87. The summed E-state index contributed by atoms with van der Waals surface area (Å²) >= 11 is 1.57. The first-order valence-electron chi connectivity index (χ1n) is 8.13. The number of benzene rings is 1. The van der Waals surface area contributed by atoms with Gasteiger partial charge < -0.3 is 5.32 Å². The highest BCUT2D eigenvalue weighted by molar-refractivity contribution is 7.98. The maximum absolute atomic E-state index is 12.6. The fourth-order valence-electron chi connectivity index (χ4n) is 2.48. The number of aryl methyl sites for hydroxylation is 2. The number of hydrogen-bond acceptors (Lipinski definition) is 5. The van der Waals surface area contributed by atoms with Gasteiger partial charge in [0.2, 0.25) is 5.95 Å². The van der Waals surface area contributed by atoms with Gasteiger partial charge in [-0.3, -0.25) is 14.6 Å². The van der Waals surface area contributed by atoms with Crippen molar-refractivity contribution in [1.29, 1.82) is 0 Å². The molecule has 0 unspecified atom stereocenters. The van der Waals surface area contributed by atoms with Crippen LogP contribution in [0, 0.1) is 6.92 Å². The summed E-state index contributed by atoms with van der Waals surface area (Å²) in [6.07, 6.45) is 2.58. The molecule has 2 heterocycles. The largest absolute Gasteiger partial charge is 0.306 e. The van der Waals surface area contributed by atoms with Crippen molar-refractivity contribution in [2.45, 2.75) is 25.2 Å². The first-order valence-corrected chi connectivity index (χ1v) is 9.35. The molecule has 3 rings (SSSR count). The molecule has 0 radical (unpaired) electrons. The Kier molecular flexibility index (Phi) is 5.22. The molecule has 2 aromatic heterocycles. The number of nitrogens with zero attached hydrogens (tertiary/aromatic N) is 3. The van der Waals surface area contributed by atoms with E-state index in [4.69, 9.17) is 0 Å². The minimum atomic E-state index is -0.259. The molecule has 0 aliphatic heterocycles. The summed E-state index contributed by atoms with van der Waals surface area (Å²) in [6.45, 7) is 3.73. The second kappa shape index (κ2) is 7.57. The van der Waals surface area contributed by atoms with Crippen LogP contribution in [0.25, 0.3) is 5.95 Å². The molecule has 0 bridgehead atoms. The van der Waals surface area contributed by atoms with E-state index in [9.17, 15) is 9.59 Å². The molecule has 0 aliphatic carbocycles. The van der Waals surface area contributed by atoms with Crippen molar-refractivity contribution in [1.82, 2.24) is 19.7 Å². The van der Waals surface area contributed by atoms with Crippen LogP contribution in [0.15, 0.2) is 46.1 Å². The minimum Gasteiger partial charge on any atom is -0.306 e. The third-order valence-electron chi connectivity index (χ3n) is 3.75. The number of carbonyl (C=O) groups is 1. The summed E-state index contributed by atoms with van der Waals surface area (Å²) in [5.74, 6) is 0.463. The standard InChI is InChI=1S/C18H19N5O2S/c1-4-13-10-16(24)21-18(19-13)23-15(8-11(2)22-23)20-17(25)12-6-5-7-14(9-12)26-3/h5-10H,4H2,1-3H3,(H,20,25)(H,19,21,24). The third-order valence-corrected chi connectivity index (χ3v) is 4.48. The van der Waals surface area contributed by atoms with E-state index in [0.717, 1.165) is 4.90 Å². The molecule has 134 valence electrons. The molecule has 0 fully saturated rings. The van der Waals surface area contributed by atoms with Gasteiger partial charge in [-0.25, -0.2) is 4.98 Å². The Morgan fingerprint density at radius 3 is 2.85 bits per heavy atom. The van der Waals surface area contributed by atoms with Gasteiger partial charge in [0.1, 0.15) is 5.82 Å². The summed E-state index contributed by atoms with van der Waals surface area (Å²) in [4.78, 5) is 32.5. The maximum Gasteiger partial charge on any atom is 0.256 e. The van der Waals surface area contributed by atoms with Gasteiger partial charge in [-0.2, -0.15) is 9.78 Å². The molecule has 0 atom stereocenters. The van der Waals surface area contributed by atoms with Gasteiger partial charge in [0.05, 0.1) is 5.69 Å². The smallest absolute Gasteiger partial charge is 0.256 e. The van der Waals surface area contributed by atoms with E-state index in [-0.39, 0.29) is 17.4 Å². The molecule has 0 spiro atoms. The third kappa shape index (κ3) is 3.85. The van der Waals surface area contributed by atoms with Crippen molar-refractivity contribution >= 4 is 23.5 Å². The van der Waals surface area contributed by atoms with Gasteiger partial charge in [-0.15, -0.1) is 11.8 Å². The van der Waals surface area contributed by atoms with Gasteiger partial charge in [-0.1, -0.05) is 13.0 Å². The van der Waals surface area contributed by atoms with E-state index in [0.29, 0.717) is 29.2 Å². The number of thioether (sulfide) groups is 1. The summed E-state index contributed by atoms with van der Waals surface area (Å²) in [5, 5.41) is 7.19. The second-order valence-corrected chi connectivity index (χ2v) is 6.56. The van der Waals surface area contributed by atoms with E-state index in [1.807, 2.05) is 38.3 Å². The molecule has 3 aromatic rings. The highest BCUT2D eigenvalue weighted by atomic mass is 32.2. The highest BCUT2D eigenvalue weighted by Crippen LogP contribution is 2.18. The summed E-state index contributed by atoms with van der Waals surface area (Å²) in [7, 11) is 0. The van der Waals surface area contributed by atoms with Crippen LogP contribution in [0.4, 0.5) is 5.82 Å². The number of amides is 1. The zero-order valence-corrected chi connectivity index (χ0v) is 15.6. The Morgan fingerprint density at radius 2 is 2.12 bits per heavy atom. The zero-order valence-electron chi connectivity index (χ0n) is 14.7. The maximum atomic E-state index is 12.6.